The fraction of sp³-hybridized carbons (Fsp3) is 0.0952. The van der Waals surface area contributed by atoms with E-state index >= 15 is 0 Å². The lowest BCUT2D eigenvalue weighted by molar-refractivity contribution is 0.475. The summed E-state index contributed by atoms with van der Waals surface area (Å²) in [6.07, 6.45) is 0. The van der Waals surface area contributed by atoms with Gasteiger partial charge in [0.1, 0.15) is 5.75 Å². The molecule has 3 aromatic carbocycles. The Balaban J connectivity index is 2.10. The second-order valence-electron chi connectivity index (χ2n) is 5.95. The molecular weight excluding hydrogens is 310 g/mol. The number of aryl methyl sites for hydroxylation is 2. The van der Waals surface area contributed by atoms with Crippen LogP contribution in [0, 0.1) is 13.8 Å². The number of hydrogen-bond donors (Lipinski definition) is 2. The molecule has 0 saturated carbocycles. The third-order valence-electron chi connectivity index (χ3n) is 3.95. The highest BCUT2D eigenvalue weighted by molar-refractivity contribution is 6.03. The highest BCUT2D eigenvalue weighted by Crippen LogP contribution is 2.28. The van der Waals surface area contributed by atoms with Crippen LogP contribution < -0.4 is 10.6 Å². The molecule has 0 bridgehead atoms. The van der Waals surface area contributed by atoms with E-state index in [-0.39, 0.29) is 5.75 Å². The predicted molar refractivity (Wildman–Crippen MR) is 104 cm³/mol. The molecule has 0 radical (unpaired) electrons. The van der Waals surface area contributed by atoms with Crippen LogP contribution in [0.4, 0.5) is 17.1 Å². The van der Waals surface area contributed by atoms with Gasteiger partial charge in [-0.15, -0.1) is 0 Å². The molecule has 0 spiro atoms. The fourth-order valence-electron chi connectivity index (χ4n) is 2.64. The van der Waals surface area contributed by atoms with Crippen LogP contribution in [0.1, 0.15) is 11.1 Å². The smallest absolute Gasteiger partial charge is 0.205 e. The number of rotatable bonds is 3. The molecule has 3 aromatic rings. The Labute approximate surface area is 147 Å². The average molecular weight is 331 g/mol. The summed E-state index contributed by atoms with van der Waals surface area (Å²) in [6, 6.07) is 22.8. The number of anilines is 2. The van der Waals surface area contributed by atoms with E-state index in [4.69, 9.17) is 5.73 Å². The summed E-state index contributed by atoms with van der Waals surface area (Å²) in [4.78, 5) is 6.50. The lowest BCUT2D eigenvalue weighted by Crippen LogP contribution is -2.33. The van der Waals surface area contributed by atoms with Crippen molar-refractivity contribution in [2.24, 2.45) is 10.7 Å². The molecule has 0 saturated heterocycles. The summed E-state index contributed by atoms with van der Waals surface area (Å²) in [5, 5.41) is 9.58. The summed E-state index contributed by atoms with van der Waals surface area (Å²) < 4.78 is 0. The van der Waals surface area contributed by atoms with Gasteiger partial charge in [-0.3, -0.25) is 4.90 Å². The molecule has 3 rings (SSSR count). The fourth-order valence-corrected chi connectivity index (χ4v) is 2.64. The molecule has 4 nitrogen and oxygen atoms in total. The number of aromatic hydroxyl groups is 1. The second-order valence-corrected chi connectivity index (χ2v) is 5.95. The van der Waals surface area contributed by atoms with Crippen molar-refractivity contribution in [3.05, 3.63) is 83.9 Å². The highest BCUT2D eigenvalue weighted by atomic mass is 16.3. The van der Waals surface area contributed by atoms with Crippen LogP contribution in [-0.2, 0) is 0 Å². The molecule has 25 heavy (non-hydrogen) atoms. The maximum absolute atomic E-state index is 9.58. The van der Waals surface area contributed by atoms with Gasteiger partial charge < -0.3 is 10.8 Å². The van der Waals surface area contributed by atoms with Gasteiger partial charge in [-0.2, -0.15) is 0 Å². The number of phenols is 1. The van der Waals surface area contributed by atoms with E-state index in [0.717, 1.165) is 28.2 Å². The molecule has 0 aromatic heterocycles. The number of benzene rings is 3. The van der Waals surface area contributed by atoms with E-state index in [0.29, 0.717) is 5.96 Å². The minimum atomic E-state index is 0.211. The number of aliphatic imine (C=N–C) groups is 1. The van der Waals surface area contributed by atoms with E-state index in [1.54, 1.807) is 12.1 Å². The third kappa shape index (κ3) is 3.80. The number of para-hydroxylation sites is 1. The molecule has 0 aliphatic heterocycles. The van der Waals surface area contributed by atoms with Crippen molar-refractivity contribution < 1.29 is 5.11 Å². The lowest BCUT2D eigenvalue weighted by atomic mass is 10.2. The first kappa shape index (κ1) is 16.6. The van der Waals surface area contributed by atoms with Gasteiger partial charge >= 0.3 is 0 Å². The molecule has 0 atom stereocenters. The van der Waals surface area contributed by atoms with E-state index in [9.17, 15) is 5.11 Å². The summed E-state index contributed by atoms with van der Waals surface area (Å²) >= 11 is 0. The van der Waals surface area contributed by atoms with E-state index in [2.05, 4.69) is 4.99 Å². The maximum atomic E-state index is 9.58. The second kappa shape index (κ2) is 7.09. The third-order valence-corrected chi connectivity index (χ3v) is 3.95. The Morgan fingerprint density at radius 1 is 0.880 bits per heavy atom. The topological polar surface area (TPSA) is 61.8 Å². The summed E-state index contributed by atoms with van der Waals surface area (Å²) in [6.45, 7) is 4.04. The first-order chi connectivity index (χ1) is 12.0. The van der Waals surface area contributed by atoms with Crippen LogP contribution in [0.15, 0.2) is 77.8 Å². The van der Waals surface area contributed by atoms with Crippen molar-refractivity contribution in [2.45, 2.75) is 13.8 Å². The highest BCUT2D eigenvalue weighted by Gasteiger charge is 2.14. The molecule has 0 aliphatic rings. The van der Waals surface area contributed by atoms with Gasteiger partial charge in [-0.1, -0.05) is 30.3 Å². The van der Waals surface area contributed by atoms with Crippen molar-refractivity contribution in [1.29, 1.82) is 0 Å². The van der Waals surface area contributed by atoms with Crippen LogP contribution in [0.25, 0.3) is 0 Å². The van der Waals surface area contributed by atoms with Gasteiger partial charge in [-0.05, 0) is 67.4 Å². The minimum absolute atomic E-state index is 0.211. The van der Waals surface area contributed by atoms with Gasteiger partial charge in [0.05, 0.1) is 5.69 Å². The monoisotopic (exact) mass is 331 g/mol. The Morgan fingerprint density at radius 2 is 1.60 bits per heavy atom. The van der Waals surface area contributed by atoms with Crippen molar-refractivity contribution in [2.75, 3.05) is 4.90 Å². The summed E-state index contributed by atoms with van der Waals surface area (Å²) in [7, 11) is 0. The van der Waals surface area contributed by atoms with Crippen LogP contribution in [0.3, 0.4) is 0 Å². The van der Waals surface area contributed by atoms with Crippen molar-refractivity contribution >= 4 is 23.0 Å². The number of hydrogen-bond acceptors (Lipinski definition) is 2. The Bertz CT molecular complexity index is 901. The van der Waals surface area contributed by atoms with Crippen molar-refractivity contribution in [3.63, 3.8) is 0 Å². The Kier molecular flexibility index (Phi) is 4.70. The van der Waals surface area contributed by atoms with Gasteiger partial charge in [0.15, 0.2) is 0 Å². The van der Waals surface area contributed by atoms with Crippen LogP contribution in [-0.4, -0.2) is 11.1 Å². The quantitative estimate of drug-likeness (QED) is 0.535. The lowest BCUT2D eigenvalue weighted by Gasteiger charge is -2.24. The number of guanidine groups is 1. The summed E-state index contributed by atoms with van der Waals surface area (Å²) in [5.41, 5.74) is 11.1. The molecule has 0 heterocycles. The molecule has 0 fully saturated rings. The molecule has 126 valence electrons. The van der Waals surface area contributed by atoms with Crippen LogP contribution >= 0.6 is 0 Å². The van der Waals surface area contributed by atoms with E-state index in [1.807, 2.05) is 79.4 Å². The van der Waals surface area contributed by atoms with Crippen molar-refractivity contribution in [1.82, 2.24) is 0 Å². The van der Waals surface area contributed by atoms with Crippen LogP contribution in [0.2, 0.25) is 0 Å². The van der Waals surface area contributed by atoms with Gasteiger partial charge in [0.25, 0.3) is 0 Å². The minimum Gasteiger partial charge on any atom is -0.508 e. The normalized spacial score (nSPS) is 11.4. The molecule has 0 amide bonds. The van der Waals surface area contributed by atoms with Crippen molar-refractivity contribution in [3.8, 4) is 5.75 Å². The predicted octanol–water partition coefficient (Wildman–Crippen LogP) is 4.79. The molecule has 4 heteroatoms. The largest absolute Gasteiger partial charge is 0.508 e. The average Bonchev–Trinajstić information content (AvgIpc) is 2.59. The Morgan fingerprint density at radius 3 is 2.28 bits per heavy atom. The number of phenolic OH excluding ortho intramolecular Hbond substituents is 1. The molecule has 0 unspecified atom stereocenters. The number of nitrogens with zero attached hydrogens (tertiary/aromatic N) is 2. The Hall–Kier alpha value is -3.27. The number of nitrogens with two attached hydrogens (primary N) is 1. The molecule has 0 aliphatic carbocycles. The first-order valence-electron chi connectivity index (χ1n) is 8.10. The maximum Gasteiger partial charge on any atom is 0.205 e. The molecule has 3 N–H and O–H groups in total. The summed E-state index contributed by atoms with van der Waals surface area (Å²) in [5.74, 6) is 0.577. The van der Waals surface area contributed by atoms with Gasteiger partial charge in [0.2, 0.25) is 5.96 Å². The SMILES string of the molecule is Cc1cccc(N(C(N)=Nc2ccccc2C)c2ccc(O)cc2)c1. The first-order valence-corrected chi connectivity index (χ1v) is 8.10. The zero-order chi connectivity index (χ0) is 17.8. The van der Waals surface area contributed by atoms with E-state index in [1.165, 1.54) is 0 Å². The zero-order valence-corrected chi connectivity index (χ0v) is 14.3. The van der Waals surface area contributed by atoms with Gasteiger partial charge in [0, 0.05) is 11.4 Å². The van der Waals surface area contributed by atoms with Crippen LogP contribution in [0.5, 0.6) is 5.75 Å². The molecular formula is C21H21N3O. The van der Waals surface area contributed by atoms with Gasteiger partial charge in [-0.25, -0.2) is 4.99 Å². The standard InChI is InChI=1S/C21H21N3O/c1-15-6-5-8-18(14-15)24(17-10-12-19(25)13-11-17)21(22)23-20-9-4-3-7-16(20)2/h3-14,25H,1-2H3,(H2,22,23). The van der Waals surface area contributed by atoms with E-state index < -0.39 is 0 Å². The zero-order valence-electron chi connectivity index (χ0n) is 14.3.